The van der Waals surface area contributed by atoms with Gasteiger partial charge in [-0.25, -0.2) is 13.8 Å². The molecule has 0 aliphatic heterocycles. The fourth-order valence-electron chi connectivity index (χ4n) is 3.68. The smallest absolute Gasteiger partial charge is 0.313 e. The van der Waals surface area contributed by atoms with Gasteiger partial charge in [-0.15, -0.1) is 0 Å². The average Bonchev–Trinajstić information content (AvgIpc) is 3.44. The number of furan rings is 1. The third-order valence-corrected chi connectivity index (χ3v) is 7.72. The number of amides is 3. The minimum Gasteiger partial charge on any atom is -0.458 e. The van der Waals surface area contributed by atoms with Crippen molar-refractivity contribution in [3.63, 3.8) is 0 Å². The molecular formula is C29H26ClN5O6S. The van der Waals surface area contributed by atoms with Crippen LogP contribution in [-0.4, -0.2) is 43.2 Å². The molecule has 0 saturated heterocycles. The number of nitrogens with one attached hydrogen (secondary N) is 3. The largest absolute Gasteiger partial charge is 0.458 e. The first kappa shape index (κ1) is 30.2. The van der Waals surface area contributed by atoms with Gasteiger partial charge in [0.2, 0.25) is 10.0 Å². The van der Waals surface area contributed by atoms with Crippen LogP contribution in [0.4, 0.5) is 5.69 Å². The van der Waals surface area contributed by atoms with Gasteiger partial charge in [-0.1, -0.05) is 66.2 Å². The number of hydrogen-bond acceptors (Lipinski definition) is 7. The molecule has 0 bridgehead atoms. The van der Waals surface area contributed by atoms with Crippen molar-refractivity contribution >= 4 is 51.2 Å². The second-order valence-corrected chi connectivity index (χ2v) is 11.2. The average molecular weight is 608 g/mol. The number of benzene rings is 3. The highest BCUT2D eigenvalue weighted by Crippen LogP contribution is 2.18. The minimum atomic E-state index is -3.97. The highest BCUT2D eigenvalue weighted by molar-refractivity contribution is 7.89. The Kier molecular flexibility index (Phi) is 10.2. The highest BCUT2D eigenvalue weighted by Gasteiger charge is 2.26. The summed E-state index contributed by atoms with van der Waals surface area (Å²) in [6.07, 6.45) is 1.22. The predicted octanol–water partition coefficient (Wildman–Crippen LogP) is 3.53. The number of halogens is 1. The molecule has 0 fully saturated rings. The number of carbonyl (C=O) groups excluding carboxylic acids is 3. The Morgan fingerprint density at radius 3 is 2.31 bits per heavy atom. The molecule has 0 aliphatic carbocycles. The number of anilines is 1. The van der Waals surface area contributed by atoms with E-state index in [0.717, 1.165) is 4.31 Å². The zero-order valence-corrected chi connectivity index (χ0v) is 23.6. The molecule has 3 aromatic carbocycles. The number of hydrazone groups is 1. The van der Waals surface area contributed by atoms with Crippen molar-refractivity contribution < 1.29 is 27.2 Å². The van der Waals surface area contributed by atoms with Crippen LogP contribution in [0.3, 0.4) is 0 Å². The van der Waals surface area contributed by atoms with Crippen molar-refractivity contribution in [3.8, 4) is 0 Å². The monoisotopic (exact) mass is 607 g/mol. The molecule has 42 heavy (non-hydrogen) atoms. The van der Waals surface area contributed by atoms with Crippen LogP contribution >= 0.6 is 11.6 Å². The van der Waals surface area contributed by atoms with Crippen molar-refractivity contribution in [1.82, 2.24) is 15.0 Å². The lowest BCUT2D eigenvalue weighted by Gasteiger charge is -2.21. The van der Waals surface area contributed by atoms with Crippen LogP contribution in [0.5, 0.6) is 0 Å². The van der Waals surface area contributed by atoms with Gasteiger partial charge in [0.1, 0.15) is 11.5 Å². The van der Waals surface area contributed by atoms with Gasteiger partial charge in [-0.2, -0.15) is 9.41 Å². The predicted molar refractivity (Wildman–Crippen MR) is 157 cm³/mol. The summed E-state index contributed by atoms with van der Waals surface area (Å²) in [7, 11) is -3.97. The molecule has 0 spiro atoms. The second kappa shape index (κ2) is 14.2. The normalized spacial score (nSPS) is 11.4. The summed E-state index contributed by atoms with van der Waals surface area (Å²) >= 11 is 5.87. The SMILES string of the molecule is O=C(CN(Cc1ccccc1)S(=O)(=O)c1ccccc1)N/N=C\c1ccc(CNC(=O)C(=O)Nc2cccc(Cl)c2)o1. The second-order valence-electron chi connectivity index (χ2n) is 8.82. The van der Waals surface area contributed by atoms with Crippen LogP contribution in [0.15, 0.2) is 111 Å². The Morgan fingerprint density at radius 1 is 0.881 bits per heavy atom. The lowest BCUT2D eigenvalue weighted by atomic mass is 10.2. The van der Waals surface area contributed by atoms with E-state index in [1.54, 1.807) is 72.8 Å². The van der Waals surface area contributed by atoms with Crippen LogP contribution in [-0.2, 0) is 37.5 Å². The molecule has 0 aliphatic rings. The first-order valence-electron chi connectivity index (χ1n) is 12.6. The lowest BCUT2D eigenvalue weighted by Crippen LogP contribution is -2.39. The number of hydrogen-bond donors (Lipinski definition) is 3. The van der Waals surface area contributed by atoms with E-state index in [4.69, 9.17) is 16.0 Å². The molecule has 4 aromatic rings. The zero-order valence-electron chi connectivity index (χ0n) is 22.1. The third kappa shape index (κ3) is 8.61. The molecule has 3 amide bonds. The van der Waals surface area contributed by atoms with Gasteiger partial charge >= 0.3 is 11.8 Å². The van der Waals surface area contributed by atoms with Crippen molar-refractivity contribution in [3.05, 3.63) is 119 Å². The van der Waals surface area contributed by atoms with E-state index in [1.807, 2.05) is 6.07 Å². The number of carbonyl (C=O) groups is 3. The van der Waals surface area contributed by atoms with Gasteiger partial charge in [-0.3, -0.25) is 14.4 Å². The van der Waals surface area contributed by atoms with Gasteiger partial charge in [0.05, 0.1) is 24.2 Å². The van der Waals surface area contributed by atoms with Gasteiger partial charge in [-0.05, 0) is 48.0 Å². The summed E-state index contributed by atoms with van der Waals surface area (Å²) < 4.78 is 33.1. The van der Waals surface area contributed by atoms with E-state index >= 15 is 0 Å². The summed E-state index contributed by atoms with van der Waals surface area (Å²) in [6.45, 7) is -0.566. The summed E-state index contributed by atoms with van der Waals surface area (Å²) in [4.78, 5) is 36.9. The number of nitrogens with zero attached hydrogens (tertiary/aromatic N) is 2. The maximum absolute atomic E-state index is 13.3. The molecule has 1 heterocycles. The Morgan fingerprint density at radius 2 is 1.60 bits per heavy atom. The fraction of sp³-hybridized carbons (Fsp3) is 0.103. The standard InChI is InChI=1S/C29H26ClN5O6S/c30-22-10-7-11-23(16-22)33-29(38)28(37)31-17-24-14-15-25(41-24)18-32-34-27(36)20-35(19-21-8-3-1-4-9-21)42(39,40)26-12-5-2-6-13-26/h1-16,18H,17,19-20H2,(H,31,37)(H,33,38)(H,34,36)/b32-18-. The number of sulfonamides is 1. The zero-order chi connectivity index (χ0) is 30.0. The molecule has 216 valence electrons. The quantitative estimate of drug-likeness (QED) is 0.135. The van der Waals surface area contributed by atoms with Crippen LogP contribution in [0, 0.1) is 0 Å². The van der Waals surface area contributed by atoms with E-state index in [2.05, 4.69) is 21.2 Å². The van der Waals surface area contributed by atoms with E-state index in [9.17, 15) is 22.8 Å². The van der Waals surface area contributed by atoms with Crippen LogP contribution in [0.2, 0.25) is 5.02 Å². The topological polar surface area (TPSA) is 150 Å². The van der Waals surface area contributed by atoms with E-state index in [-0.39, 0.29) is 23.7 Å². The Balaban J connectivity index is 1.31. The first-order chi connectivity index (χ1) is 20.2. The summed E-state index contributed by atoms with van der Waals surface area (Å²) in [5.41, 5.74) is 3.40. The van der Waals surface area contributed by atoms with Gasteiger partial charge in [0, 0.05) is 17.3 Å². The maximum Gasteiger partial charge on any atom is 0.313 e. The lowest BCUT2D eigenvalue weighted by molar-refractivity contribution is -0.136. The molecule has 0 unspecified atom stereocenters. The van der Waals surface area contributed by atoms with Crippen molar-refractivity contribution in [1.29, 1.82) is 0 Å². The molecule has 0 atom stereocenters. The third-order valence-electron chi connectivity index (χ3n) is 5.68. The van der Waals surface area contributed by atoms with Crippen LogP contribution in [0.25, 0.3) is 0 Å². The molecule has 3 N–H and O–H groups in total. The fourth-order valence-corrected chi connectivity index (χ4v) is 5.27. The van der Waals surface area contributed by atoms with Gasteiger partial charge in [0.25, 0.3) is 5.91 Å². The summed E-state index contributed by atoms with van der Waals surface area (Å²) in [6, 6.07) is 26.3. The first-order valence-corrected chi connectivity index (χ1v) is 14.4. The molecular weight excluding hydrogens is 582 g/mol. The molecule has 4 rings (SSSR count). The van der Waals surface area contributed by atoms with E-state index < -0.39 is 34.3 Å². The maximum atomic E-state index is 13.3. The van der Waals surface area contributed by atoms with Crippen molar-refractivity contribution in [2.45, 2.75) is 18.0 Å². The Hall–Kier alpha value is -4.78. The minimum absolute atomic E-state index is 0.0143. The van der Waals surface area contributed by atoms with E-state index in [0.29, 0.717) is 22.0 Å². The number of rotatable bonds is 11. The molecule has 11 nitrogen and oxygen atoms in total. The van der Waals surface area contributed by atoms with Gasteiger partial charge in [0.15, 0.2) is 0 Å². The molecule has 0 saturated carbocycles. The summed E-state index contributed by atoms with van der Waals surface area (Å²) in [5.74, 6) is -1.83. The Labute approximate surface area is 247 Å². The molecule has 13 heteroatoms. The van der Waals surface area contributed by atoms with Crippen molar-refractivity contribution in [2.24, 2.45) is 5.10 Å². The van der Waals surface area contributed by atoms with E-state index in [1.165, 1.54) is 24.4 Å². The Bertz CT molecular complexity index is 1680. The highest BCUT2D eigenvalue weighted by atomic mass is 35.5. The summed E-state index contributed by atoms with van der Waals surface area (Å²) in [5, 5.41) is 9.13. The molecule has 0 radical (unpaired) electrons. The van der Waals surface area contributed by atoms with Gasteiger partial charge < -0.3 is 15.1 Å². The van der Waals surface area contributed by atoms with Crippen molar-refractivity contribution in [2.75, 3.05) is 11.9 Å². The van der Waals surface area contributed by atoms with Crippen LogP contribution < -0.4 is 16.1 Å². The molecule has 1 aromatic heterocycles. The van der Waals surface area contributed by atoms with Crippen LogP contribution in [0.1, 0.15) is 17.1 Å².